The number of ether oxygens (including phenoxy) is 2. The van der Waals surface area contributed by atoms with E-state index in [0.29, 0.717) is 6.42 Å². The Labute approximate surface area is 76.4 Å². The number of nitrogens with two attached hydrogens (primary N) is 1. The molecule has 1 amide bonds. The van der Waals surface area contributed by atoms with Gasteiger partial charge in [0.15, 0.2) is 0 Å². The van der Waals surface area contributed by atoms with Gasteiger partial charge in [-0.1, -0.05) is 0 Å². The molecule has 1 unspecified atom stereocenters. The maximum absolute atomic E-state index is 10.8. The highest BCUT2D eigenvalue weighted by atomic mass is 16.5. The molecule has 0 heterocycles. The molecule has 0 aromatic heterocycles. The molecule has 0 aliphatic heterocycles. The third-order valence-corrected chi connectivity index (χ3v) is 1.41. The van der Waals surface area contributed by atoms with Crippen LogP contribution in [0.1, 0.15) is 6.42 Å². The number of carbonyl (C=O) groups excluding carboxylic acids is 2. The molecule has 0 fully saturated rings. The minimum Gasteiger partial charge on any atom is -0.468 e. The van der Waals surface area contributed by atoms with Crippen LogP contribution in [0.25, 0.3) is 0 Å². The second kappa shape index (κ2) is 6.24. The topological polar surface area (TPSA) is 90.6 Å². The van der Waals surface area contributed by atoms with Gasteiger partial charge in [-0.15, -0.1) is 0 Å². The average molecular weight is 190 g/mol. The third kappa shape index (κ3) is 5.02. The van der Waals surface area contributed by atoms with Crippen LogP contribution >= 0.6 is 0 Å². The molecular weight excluding hydrogens is 176 g/mol. The molecule has 0 aromatic carbocycles. The number of rotatable bonds is 4. The predicted octanol–water partition coefficient (Wildman–Crippen LogP) is -0.767. The van der Waals surface area contributed by atoms with E-state index in [9.17, 15) is 9.59 Å². The van der Waals surface area contributed by atoms with Crippen molar-refractivity contribution in [2.24, 2.45) is 5.73 Å². The summed E-state index contributed by atoms with van der Waals surface area (Å²) in [5.74, 6) is -0.494. The first-order valence-electron chi connectivity index (χ1n) is 3.77. The molecule has 3 N–H and O–H groups in total. The molecule has 0 rings (SSSR count). The monoisotopic (exact) mass is 190 g/mol. The van der Waals surface area contributed by atoms with Crippen LogP contribution in [-0.2, 0) is 14.3 Å². The zero-order valence-electron chi connectivity index (χ0n) is 7.70. The SMILES string of the molecule is COC(=O)NCCC(N)C(=O)OC. The highest BCUT2D eigenvalue weighted by Gasteiger charge is 2.13. The van der Waals surface area contributed by atoms with Gasteiger partial charge in [0.25, 0.3) is 0 Å². The lowest BCUT2D eigenvalue weighted by atomic mass is 10.2. The van der Waals surface area contributed by atoms with Gasteiger partial charge in [-0.25, -0.2) is 4.79 Å². The van der Waals surface area contributed by atoms with E-state index in [2.05, 4.69) is 14.8 Å². The van der Waals surface area contributed by atoms with Gasteiger partial charge in [0.05, 0.1) is 14.2 Å². The molecule has 6 nitrogen and oxygen atoms in total. The Morgan fingerprint density at radius 1 is 1.38 bits per heavy atom. The van der Waals surface area contributed by atoms with Crippen molar-refractivity contribution in [1.29, 1.82) is 0 Å². The van der Waals surface area contributed by atoms with Gasteiger partial charge in [0.2, 0.25) is 0 Å². The summed E-state index contributed by atoms with van der Waals surface area (Å²) in [6, 6.07) is -0.706. The van der Waals surface area contributed by atoms with Crippen molar-refractivity contribution in [3.8, 4) is 0 Å². The number of esters is 1. The lowest BCUT2D eigenvalue weighted by Crippen LogP contribution is -2.36. The Morgan fingerprint density at radius 2 is 2.00 bits per heavy atom. The molecule has 0 spiro atoms. The summed E-state index contributed by atoms with van der Waals surface area (Å²) < 4.78 is 8.70. The van der Waals surface area contributed by atoms with Crippen molar-refractivity contribution in [2.75, 3.05) is 20.8 Å². The third-order valence-electron chi connectivity index (χ3n) is 1.41. The second-order valence-electron chi connectivity index (χ2n) is 2.34. The fourth-order valence-corrected chi connectivity index (χ4v) is 0.671. The fourth-order valence-electron chi connectivity index (χ4n) is 0.671. The van der Waals surface area contributed by atoms with E-state index >= 15 is 0 Å². The number of hydrogen-bond acceptors (Lipinski definition) is 5. The molecule has 0 saturated carbocycles. The highest BCUT2D eigenvalue weighted by Crippen LogP contribution is 1.89. The summed E-state index contributed by atoms with van der Waals surface area (Å²) in [6.07, 6.45) is -0.223. The molecule has 0 bridgehead atoms. The molecule has 1 atom stereocenters. The second-order valence-corrected chi connectivity index (χ2v) is 2.34. The summed E-state index contributed by atoms with van der Waals surface area (Å²) in [5.41, 5.74) is 5.39. The zero-order chi connectivity index (χ0) is 10.3. The number of hydrogen-bond donors (Lipinski definition) is 2. The largest absolute Gasteiger partial charge is 0.468 e. The smallest absolute Gasteiger partial charge is 0.406 e. The zero-order valence-corrected chi connectivity index (χ0v) is 7.70. The van der Waals surface area contributed by atoms with Crippen LogP contribution in [0.3, 0.4) is 0 Å². The lowest BCUT2D eigenvalue weighted by Gasteiger charge is -2.08. The van der Waals surface area contributed by atoms with Crippen LogP contribution in [0, 0.1) is 0 Å². The Bertz CT molecular complexity index is 183. The van der Waals surface area contributed by atoms with Crippen LogP contribution in [0.2, 0.25) is 0 Å². The van der Waals surface area contributed by atoms with Crippen LogP contribution in [0.5, 0.6) is 0 Å². The van der Waals surface area contributed by atoms with E-state index in [1.807, 2.05) is 0 Å². The van der Waals surface area contributed by atoms with Gasteiger partial charge in [-0.05, 0) is 6.42 Å². The normalized spacial score (nSPS) is 11.6. The number of amides is 1. The van der Waals surface area contributed by atoms with E-state index in [4.69, 9.17) is 5.73 Å². The summed E-state index contributed by atoms with van der Waals surface area (Å²) in [5, 5.41) is 2.39. The first kappa shape index (κ1) is 11.7. The molecule has 0 aliphatic rings. The first-order valence-corrected chi connectivity index (χ1v) is 3.77. The van der Waals surface area contributed by atoms with Gasteiger partial charge in [-0.3, -0.25) is 4.79 Å². The number of nitrogens with one attached hydrogen (secondary N) is 1. The van der Waals surface area contributed by atoms with Crippen molar-refractivity contribution in [2.45, 2.75) is 12.5 Å². The molecule has 0 aliphatic carbocycles. The van der Waals surface area contributed by atoms with E-state index in [0.717, 1.165) is 0 Å². The maximum Gasteiger partial charge on any atom is 0.406 e. The van der Waals surface area contributed by atoms with Gasteiger partial charge in [0.1, 0.15) is 6.04 Å². The van der Waals surface area contributed by atoms with Gasteiger partial charge >= 0.3 is 12.1 Å². The standard InChI is InChI=1S/C7H14N2O4/c1-12-6(10)5(8)3-4-9-7(11)13-2/h5H,3-4,8H2,1-2H3,(H,9,11). The van der Waals surface area contributed by atoms with E-state index in [1.165, 1.54) is 14.2 Å². The Kier molecular flexibility index (Phi) is 5.62. The molecule has 0 aromatic rings. The average Bonchev–Trinajstić information content (AvgIpc) is 2.15. The van der Waals surface area contributed by atoms with E-state index in [-0.39, 0.29) is 6.54 Å². The quantitative estimate of drug-likeness (QED) is 0.568. The van der Waals surface area contributed by atoms with Crippen molar-refractivity contribution >= 4 is 12.1 Å². The minimum atomic E-state index is -0.706. The Morgan fingerprint density at radius 3 is 2.46 bits per heavy atom. The van der Waals surface area contributed by atoms with Crippen LogP contribution in [0.4, 0.5) is 4.79 Å². The van der Waals surface area contributed by atoms with Crippen molar-refractivity contribution in [3.63, 3.8) is 0 Å². The Hall–Kier alpha value is -1.30. The summed E-state index contributed by atoms with van der Waals surface area (Å²) in [7, 11) is 2.52. The van der Waals surface area contributed by atoms with Gasteiger partial charge in [-0.2, -0.15) is 0 Å². The van der Waals surface area contributed by atoms with Crippen LogP contribution in [-0.4, -0.2) is 38.9 Å². The first-order chi connectivity index (χ1) is 6.11. The molecule has 0 radical (unpaired) electrons. The predicted molar refractivity (Wildman–Crippen MR) is 45.0 cm³/mol. The van der Waals surface area contributed by atoms with Gasteiger partial charge < -0.3 is 20.5 Å². The molecule has 6 heteroatoms. The highest BCUT2D eigenvalue weighted by molar-refractivity contribution is 5.75. The molecule has 76 valence electrons. The van der Waals surface area contributed by atoms with Crippen LogP contribution in [0.15, 0.2) is 0 Å². The lowest BCUT2D eigenvalue weighted by molar-refractivity contribution is -0.142. The molecule has 0 saturated heterocycles. The van der Waals surface area contributed by atoms with Crippen LogP contribution < -0.4 is 11.1 Å². The summed E-state index contributed by atoms with van der Waals surface area (Å²) in [4.78, 5) is 21.3. The molecular formula is C7H14N2O4. The summed E-state index contributed by atoms with van der Waals surface area (Å²) >= 11 is 0. The minimum absolute atomic E-state index is 0.281. The number of methoxy groups -OCH3 is 2. The fraction of sp³-hybridized carbons (Fsp3) is 0.714. The molecule has 13 heavy (non-hydrogen) atoms. The Balaban J connectivity index is 3.53. The van der Waals surface area contributed by atoms with Crippen molar-refractivity contribution < 1.29 is 19.1 Å². The van der Waals surface area contributed by atoms with E-state index < -0.39 is 18.1 Å². The maximum atomic E-state index is 10.8. The van der Waals surface area contributed by atoms with Crippen molar-refractivity contribution in [3.05, 3.63) is 0 Å². The van der Waals surface area contributed by atoms with Gasteiger partial charge in [0, 0.05) is 6.54 Å². The number of alkyl carbamates (subject to hydrolysis) is 1. The summed E-state index contributed by atoms with van der Waals surface area (Å²) in [6.45, 7) is 0.281. The van der Waals surface area contributed by atoms with Crippen molar-refractivity contribution in [1.82, 2.24) is 5.32 Å². The van der Waals surface area contributed by atoms with E-state index in [1.54, 1.807) is 0 Å². The number of carbonyl (C=O) groups is 2.